The van der Waals surface area contributed by atoms with Crippen molar-refractivity contribution >= 4 is 23.5 Å². The lowest BCUT2D eigenvalue weighted by molar-refractivity contribution is -0.140. The van der Waals surface area contributed by atoms with Crippen LogP contribution in [0.15, 0.2) is 59.5 Å². The van der Waals surface area contributed by atoms with E-state index in [4.69, 9.17) is 9.52 Å². The van der Waals surface area contributed by atoms with Gasteiger partial charge < -0.3 is 19.9 Å². The summed E-state index contributed by atoms with van der Waals surface area (Å²) >= 11 is 0. The van der Waals surface area contributed by atoms with Gasteiger partial charge in [-0.05, 0) is 48.6 Å². The second-order valence-corrected chi connectivity index (χ2v) is 8.89. The van der Waals surface area contributed by atoms with Gasteiger partial charge in [-0.3, -0.25) is 9.69 Å². The van der Waals surface area contributed by atoms with Crippen molar-refractivity contribution < 1.29 is 37.4 Å². The predicted octanol–water partition coefficient (Wildman–Crippen LogP) is 4.58. The van der Waals surface area contributed by atoms with E-state index in [1.165, 1.54) is 42.6 Å². The first-order chi connectivity index (χ1) is 18.6. The number of nitrogens with one attached hydrogen (secondary N) is 1. The van der Waals surface area contributed by atoms with Crippen molar-refractivity contribution in [1.82, 2.24) is 19.7 Å². The summed E-state index contributed by atoms with van der Waals surface area (Å²) in [6.07, 6.45) is -0.782. The Hall–Kier alpha value is -4.72. The van der Waals surface area contributed by atoms with Crippen molar-refractivity contribution in [3.63, 3.8) is 0 Å². The van der Waals surface area contributed by atoms with Crippen LogP contribution in [0.3, 0.4) is 0 Å². The van der Waals surface area contributed by atoms with Crippen molar-refractivity contribution in [2.75, 3.05) is 16.8 Å². The number of benzene rings is 1. The Morgan fingerprint density at radius 3 is 2.56 bits per heavy atom. The summed E-state index contributed by atoms with van der Waals surface area (Å²) in [4.78, 5) is 33.8. The zero-order valence-corrected chi connectivity index (χ0v) is 20.1. The van der Waals surface area contributed by atoms with E-state index in [9.17, 15) is 27.9 Å². The number of hydrogen-bond acceptors (Lipinski definition) is 7. The molecule has 39 heavy (non-hydrogen) atoms. The van der Waals surface area contributed by atoms with Gasteiger partial charge in [0, 0.05) is 18.3 Å². The number of halogens is 3. The quantitative estimate of drug-likeness (QED) is 0.293. The number of amides is 2. The molecule has 0 unspecified atom stereocenters. The molecule has 0 aliphatic heterocycles. The number of carboxylic acid groups (broad SMARTS) is 1. The topological polar surface area (TPSA) is 147 Å². The molecule has 0 bridgehead atoms. The van der Waals surface area contributed by atoms with Crippen LogP contribution in [0.1, 0.15) is 34.6 Å². The summed E-state index contributed by atoms with van der Waals surface area (Å²) in [6.45, 7) is 0.0685. The number of pyridine rings is 1. The maximum atomic E-state index is 13.7. The maximum Gasteiger partial charge on any atom is 0.437 e. The average molecular weight is 542 g/mol. The van der Waals surface area contributed by atoms with Crippen LogP contribution in [0.5, 0.6) is 0 Å². The summed E-state index contributed by atoms with van der Waals surface area (Å²) in [5, 5.41) is 24.5. The van der Waals surface area contributed by atoms with Gasteiger partial charge in [0.05, 0.1) is 24.2 Å². The number of anilines is 2. The molecule has 1 aromatic carbocycles. The minimum Gasteiger partial charge on any atom is -0.465 e. The van der Waals surface area contributed by atoms with Gasteiger partial charge in [0.15, 0.2) is 11.4 Å². The molecule has 2 amide bonds. The first-order valence-corrected chi connectivity index (χ1v) is 11.7. The fourth-order valence-corrected chi connectivity index (χ4v) is 3.79. The first kappa shape index (κ1) is 25.9. The molecule has 1 aliphatic carbocycles. The molecule has 3 aromatic heterocycles. The molecule has 1 aliphatic rings. The van der Waals surface area contributed by atoms with Gasteiger partial charge in [0.25, 0.3) is 5.91 Å². The maximum absolute atomic E-state index is 13.7. The number of nitrogens with zero attached hydrogens (tertiary/aromatic N) is 5. The normalized spacial score (nSPS) is 13.3. The van der Waals surface area contributed by atoms with Crippen LogP contribution >= 0.6 is 0 Å². The van der Waals surface area contributed by atoms with Gasteiger partial charge >= 0.3 is 12.3 Å². The molecular formula is C25H21F3N6O5. The third kappa shape index (κ3) is 5.75. The molecule has 1 saturated carbocycles. The smallest absolute Gasteiger partial charge is 0.437 e. The highest BCUT2D eigenvalue weighted by molar-refractivity contribution is 6.03. The number of rotatable bonds is 8. The summed E-state index contributed by atoms with van der Waals surface area (Å²) in [5.41, 5.74) is -1.02. The Morgan fingerprint density at radius 2 is 1.92 bits per heavy atom. The van der Waals surface area contributed by atoms with Crippen LogP contribution in [0.25, 0.3) is 17.1 Å². The van der Waals surface area contributed by atoms with Gasteiger partial charge in [-0.25, -0.2) is 19.4 Å². The number of oxazole rings is 1. The Bertz CT molecular complexity index is 1510. The van der Waals surface area contributed by atoms with E-state index < -0.39 is 29.6 Å². The minimum atomic E-state index is -4.86. The monoisotopic (exact) mass is 542 g/mol. The summed E-state index contributed by atoms with van der Waals surface area (Å²) < 4.78 is 47.3. The van der Waals surface area contributed by atoms with Crippen molar-refractivity contribution in [1.29, 1.82) is 0 Å². The Labute approximate surface area is 218 Å². The Balaban J connectivity index is 1.37. The Kier molecular flexibility index (Phi) is 6.78. The molecule has 3 heterocycles. The second kappa shape index (κ2) is 10.2. The third-order valence-corrected chi connectivity index (χ3v) is 5.99. The predicted molar refractivity (Wildman–Crippen MR) is 130 cm³/mol. The average Bonchev–Trinajstić information content (AvgIpc) is 3.41. The number of alkyl halides is 3. The molecule has 0 spiro atoms. The fourth-order valence-electron chi connectivity index (χ4n) is 3.79. The summed E-state index contributed by atoms with van der Waals surface area (Å²) in [6, 6.07) is 8.97. The summed E-state index contributed by atoms with van der Waals surface area (Å²) in [7, 11) is 0. The minimum absolute atomic E-state index is 0.0451. The molecular weight excluding hydrogens is 521 g/mol. The molecule has 3 N–H and O–H groups in total. The number of carbonyl (C=O) groups is 2. The van der Waals surface area contributed by atoms with Crippen molar-refractivity contribution in [3.05, 3.63) is 72.0 Å². The zero-order chi connectivity index (χ0) is 27.7. The van der Waals surface area contributed by atoms with Crippen LogP contribution < -0.4 is 10.2 Å². The molecule has 11 nitrogen and oxygen atoms in total. The van der Waals surface area contributed by atoms with Crippen LogP contribution in [0.2, 0.25) is 0 Å². The van der Waals surface area contributed by atoms with E-state index in [0.29, 0.717) is 17.7 Å². The molecule has 0 saturated heterocycles. The Morgan fingerprint density at radius 1 is 1.18 bits per heavy atom. The van der Waals surface area contributed by atoms with E-state index in [1.54, 1.807) is 0 Å². The molecule has 14 heteroatoms. The molecule has 202 valence electrons. The van der Waals surface area contributed by atoms with Crippen molar-refractivity contribution in [2.24, 2.45) is 5.92 Å². The van der Waals surface area contributed by atoms with E-state index >= 15 is 0 Å². The molecule has 1 fully saturated rings. The second-order valence-electron chi connectivity index (χ2n) is 8.89. The van der Waals surface area contributed by atoms with Crippen molar-refractivity contribution in [3.8, 4) is 17.1 Å². The molecule has 4 aromatic rings. The van der Waals surface area contributed by atoms with Gasteiger partial charge in [0.2, 0.25) is 5.89 Å². The van der Waals surface area contributed by atoms with E-state index in [1.807, 2.05) is 0 Å². The number of aromatic nitrogens is 4. The standard InChI is InChI=1S/C25H21F3N6O5/c26-25(27,28)21-18(11-34(32-21)17-5-3-15(12-35)4-6-17)30-22(36)19-13-39-23(31-19)16-7-8-29-20(9-16)33(24(37)38)10-14-1-2-14/h3-9,11,13-14,35H,1-2,10,12H2,(H,30,36)(H,37,38). The van der Waals surface area contributed by atoms with E-state index in [-0.39, 0.29) is 35.6 Å². The van der Waals surface area contributed by atoms with E-state index in [2.05, 4.69) is 20.4 Å². The van der Waals surface area contributed by atoms with E-state index in [0.717, 1.165) is 34.9 Å². The highest BCUT2D eigenvalue weighted by Crippen LogP contribution is 2.35. The van der Waals surface area contributed by atoms with Crippen LogP contribution in [-0.4, -0.2) is 48.5 Å². The zero-order valence-electron chi connectivity index (χ0n) is 20.1. The van der Waals surface area contributed by atoms with Gasteiger partial charge in [-0.1, -0.05) is 12.1 Å². The lowest BCUT2D eigenvalue weighted by Crippen LogP contribution is -2.32. The lowest BCUT2D eigenvalue weighted by atomic mass is 10.2. The van der Waals surface area contributed by atoms with Gasteiger partial charge in [0.1, 0.15) is 12.1 Å². The fraction of sp³-hybridized carbons (Fsp3) is 0.240. The molecule has 0 radical (unpaired) electrons. The van der Waals surface area contributed by atoms with Crippen molar-refractivity contribution in [2.45, 2.75) is 25.6 Å². The highest BCUT2D eigenvalue weighted by Gasteiger charge is 2.38. The van der Waals surface area contributed by atoms with Gasteiger partial charge in [-0.15, -0.1) is 0 Å². The van der Waals surface area contributed by atoms with Crippen LogP contribution in [-0.2, 0) is 12.8 Å². The highest BCUT2D eigenvalue weighted by atomic mass is 19.4. The SMILES string of the molecule is O=C(Nc1cn(-c2ccc(CO)cc2)nc1C(F)(F)F)c1coc(-c2ccnc(N(CC3CC3)C(=O)O)c2)n1. The number of hydrogen-bond donors (Lipinski definition) is 3. The number of carbonyl (C=O) groups excluding carboxylic acids is 1. The molecule has 0 atom stereocenters. The van der Waals surface area contributed by atoms with Crippen LogP contribution in [0, 0.1) is 5.92 Å². The van der Waals surface area contributed by atoms with Gasteiger partial charge in [-0.2, -0.15) is 18.3 Å². The number of aliphatic hydroxyl groups excluding tert-OH is 1. The first-order valence-electron chi connectivity index (χ1n) is 11.7. The summed E-state index contributed by atoms with van der Waals surface area (Å²) in [5.74, 6) is -0.586. The molecule has 5 rings (SSSR count). The van der Waals surface area contributed by atoms with Crippen LogP contribution in [0.4, 0.5) is 29.5 Å². The third-order valence-electron chi connectivity index (χ3n) is 5.99. The number of aliphatic hydroxyl groups is 1. The lowest BCUT2D eigenvalue weighted by Gasteiger charge is -2.18. The largest absolute Gasteiger partial charge is 0.465 e.